The molecule has 0 radical (unpaired) electrons. The average molecular weight is 199 g/mol. The lowest BCUT2D eigenvalue weighted by Gasteiger charge is -2.21. The van der Waals surface area contributed by atoms with Crippen LogP contribution in [0.1, 0.15) is 13.3 Å². The summed E-state index contributed by atoms with van der Waals surface area (Å²) in [5.74, 6) is 0.434. The molecular formula is C10H17NO3. The second-order valence-electron chi connectivity index (χ2n) is 3.70. The first-order valence-corrected chi connectivity index (χ1v) is 4.84. The van der Waals surface area contributed by atoms with Crippen LogP contribution in [0, 0.1) is 5.92 Å². The molecule has 1 fully saturated rings. The summed E-state index contributed by atoms with van der Waals surface area (Å²) in [4.78, 5) is 13.1. The van der Waals surface area contributed by atoms with Gasteiger partial charge in [-0.3, -0.25) is 0 Å². The first-order chi connectivity index (χ1) is 6.69. The fourth-order valence-electron chi connectivity index (χ4n) is 1.76. The summed E-state index contributed by atoms with van der Waals surface area (Å²) in [6.07, 6.45) is 2.03. The highest BCUT2D eigenvalue weighted by atomic mass is 16.6. The van der Waals surface area contributed by atoms with Crippen LogP contribution in [0.15, 0.2) is 12.7 Å². The zero-order valence-electron chi connectivity index (χ0n) is 8.48. The zero-order chi connectivity index (χ0) is 10.6. The highest BCUT2D eigenvalue weighted by Gasteiger charge is 2.33. The number of rotatable bonds is 3. The van der Waals surface area contributed by atoms with Crippen molar-refractivity contribution in [3.05, 3.63) is 12.7 Å². The standard InChI is InChI=1S/C10H17NO3/c1-3-4-14-10(13)11-6-8(2)5-9(11)7-12/h3,8-9,12H,1,4-7H2,2H3/t8-,9+/m1/s1. The minimum Gasteiger partial charge on any atom is -0.445 e. The maximum absolute atomic E-state index is 11.5. The van der Waals surface area contributed by atoms with Gasteiger partial charge in [0, 0.05) is 6.54 Å². The van der Waals surface area contributed by atoms with Gasteiger partial charge in [-0.1, -0.05) is 19.6 Å². The number of ether oxygens (including phenoxy) is 1. The largest absolute Gasteiger partial charge is 0.445 e. The van der Waals surface area contributed by atoms with Gasteiger partial charge < -0.3 is 14.7 Å². The molecule has 0 aliphatic carbocycles. The van der Waals surface area contributed by atoms with E-state index in [0.717, 1.165) is 6.42 Å². The normalized spacial score (nSPS) is 26.3. The molecule has 0 aromatic rings. The van der Waals surface area contributed by atoms with E-state index in [-0.39, 0.29) is 25.3 Å². The van der Waals surface area contributed by atoms with Crippen LogP contribution < -0.4 is 0 Å². The summed E-state index contributed by atoms with van der Waals surface area (Å²) >= 11 is 0. The van der Waals surface area contributed by atoms with E-state index in [1.165, 1.54) is 6.08 Å². The third-order valence-corrected chi connectivity index (χ3v) is 2.39. The van der Waals surface area contributed by atoms with E-state index in [0.29, 0.717) is 12.5 Å². The van der Waals surface area contributed by atoms with E-state index in [2.05, 4.69) is 13.5 Å². The van der Waals surface area contributed by atoms with Crippen LogP contribution in [-0.2, 0) is 4.74 Å². The highest BCUT2D eigenvalue weighted by molar-refractivity contribution is 5.68. The molecular weight excluding hydrogens is 182 g/mol. The van der Waals surface area contributed by atoms with Gasteiger partial charge in [-0.05, 0) is 12.3 Å². The lowest BCUT2D eigenvalue weighted by molar-refractivity contribution is 0.0922. The van der Waals surface area contributed by atoms with E-state index in [1.54, 1.807) is 4.90 Å². The van der Waals surface area contributed by atoms with Crippen LogP contribution in [-0.4, -0.2) is 41.9 Å². The smallest absolute Gasteiger partial charge is 0.410 e. The molecule has 0 aromatic carbocycles. The molecule has 0 spiro atoms. The predicted octanol–water partition coefficient (Wildman–Crippen LogP) is 1.01. The van der Waals surface area contributed by atoms with Gasteiger partial charge in [0.05, 0.1) is 12.6 Å². The van der Waals surface area contributed by atoms with Crippen LogP contribution in [0.4, 0.5) is 4.79 Å². The van der Waals surface area contributed by atoms with Crippen molar-refractivity contribution in [2.45, 2.75) is 19.4 Å². The van der Waals surface area contributed by atoms with Gasteiger partial charge in [-0.15, -0.1) is 0 Å². The molecule has 1 N–H and O–H groups in total. The lowest BCUT2D eigenvalue weighted by Crippen LogP contribution is -2.38. The van der Waals surface area contributed by atoms with E-state index < -0.39 is 0 Å². The molecule has 1 rings (SSSR count). The highest BCUT2D eigenvalue weighted by Crippen LogP contribution is 2.22. The quantitative estimate of drug-likeness (QED) is 0.690. The minimum absolute atomic E-state index is 0.00747. The van der Waals surface area contributed by atoms with Crippen molar-refractivity contribution in [3.8, 4) is 0 Å². The van der Waals surface area contributed by atoms with Crippen molar-refractivity contribution in [2.24, 2.45) is 5.92 Å². The molecule has 0 aromatic heterocycles. The molecule has 0 unspecified atom stereocenters. The molecule has 1 heterocycles. The number of nitrogens with zero attached hydrogens (tertiary/aromatic N) is 1. The summed E-state index contributed by atoms with van der Waals surface area (Å²) in [5, 5.41) is 9.06. The summed E-state index contributed by atoms with van der Waals surface area (Å²) in [5.41, 5.74) is 0. The number of aliphatic hydroxyl groups excluding tert-OH is 1. The van der Waals surface area contributed by atoms with Crippen LogP contribution >= 0.6 is 0 Å². The SMILES string of the molecule is C=CCOC(=O)N1C[C@H](C)C[C@H]1CO. The van der Waals surface area contributed by atoms with E-state index >= 15 is 0 Å². The Morgan fingerprint density at radius 1 is 1.79 bits per heavy atom. The molecule has 1 amide bonds. The molecule has 4 nitrogen and oxygen atoms in total. The Morgan fingerprint density at radius 2 is 2.50 bits per heavy atom. The number of carbonyl (C=O) groups excluding carboxylic acids is 1. The summed E-state index contributed by atoms with van der Waals surface area (Å²) < 4.78 is 4.91. The van der Waals surface area contributed by atoms with Gasteiger partial charge in [0.15, 0.2) is 0 Å². The summed E-state index contributed by atoms with van der Waals surface area (Å²) in [6, 6.07) is -0.0812. The van der Waals surface area contributed by atoms with Gasteiger partial charge >= 0.3 is 6.09 Å². The first kappa shape index (κ1) is 11.0. The fraction of sp³-hybridized carbons (Fsp3) is 0.700. The predicted molar refractivity (Wildman–Crippen MR) is 52.9 cm³/mol. The Hall–Kier alpha value is -1.03. The van der Waals surface area contributed by atoms with Crippen molar-refractivity contribution >= 4 is 6.09 Å². The van der Waals surface area contributed by atoms with Crippen LogP contribution in [0.5, 0.6) is 0 Å². The van der Waals surface area contributed by atoms with Gasteiger partial charge in [0.1, 0.15) is 6.61 Å². The van der Waals surface area contributed by atoms with Crippen LogP contribution in [0.2, 0.25) is 0 Å². The second kappa shape index (κ2) is 5.00. The average Bonchev–Trinajstić information content (AvgIpc) is 2.56. The third-order valence-electron chi connectivity index (χ3n) is 2.39. The van der Waals surface area contributed by atoms with Crippen LogP contribution in [0.3, 0.4) is 0 Å². The summed E-state index contributed by atoms with van der Waals surface area (Å²) in [7, 11) is 0. The molecule has 1 saturated heterocycles. The molecule has 80 valence electrons. The van der Waals surface area contributed by atoms with Crippen molar-refractivity contribution < 1.29 is 14.6 Å². The van der Waals surface area contributed by atoms with Gasteiger partial charge in [0.2, 0.25) is 0 Å². The molecule has 0 bridgehead atoms. The Morgan fingerprint density at radius 3 is 3.07 bits per heavy atom. The van der Waals surface area contributed by atoms with E-state index in [4.69, 9.17) is 9.84 Å². The zero-order valence-corrected chi connectivity index (χ0v) is 8.48. The number of hydrogen-bond acceptors (Lipinski definition) is 3. The number of hydrogen-bond donors (Lipinski definition) is 1. The van der Waals surface area contributed by atoms with E-state index in [9.17, 15) is 4.79 Å². The Balaban J connectivity index is 2.48. The number of carbonyl (C=O) groups is 1. The lowest BCUT2D eigenvalue weighted by atomic mass is 10.1. The topological polar surface area (TPSA) is 49.8 Å². The number of amides is 1. The van der Waals surface area contributed by atoms with Crippen molar-refractivity contribution in [1.29, 1.82) is 0 Å². The molecule has 2 atom stereocenters. The fourth-order valence-corrected chi connectivity index (χ4v) is 1.76. The number of aliphatic hydroxyl groups is 1. The second-order valence-corrected chi connectivity index (χ2v) is 3.70. The Labute approximate surface area is 84.2 Å². The van der Waals surface area contributed by atoms with Crippen molar-refractivity contribution in [2.75, 3.05) is 19.8 Å². The van der Waals surface area contributed by atoms with Gasteiger partial charge in [-0.2, -0.15) is 0 Å². The summed E-state index contributed by atoms with van der Waals surface area (Å²) in [6.45, 7) is 6.43. The van der Waals surface area contributed by atoms with Gasteiger partial charge in [-0.25, -0.2) is 4.79 Å². The molecule has 4 heteroatoms. The van der Waals surface area contributed by atoms with Crippen LogP contribution in [0.25, 0.3) is 0 Å². The molecule has 1 aliphatic heterocycles. The molecule has 0 saturated carbocycles. The maximum Gasteiger partial charge on any atom is 0.410 e. The Bertz CT molecular complexity index is 217. The van der Waals surface area contributed by atoms with Crippen molar-refractivity contribution in [3.63, 3.8) is 0 Å². The maximum atomic E-state index is 11.5. The van der Waals surface area contributed by atoms with Gasteiger partial charge in [0.25, 0.3) is 0 Å². The Kier molecular flexibility index (Phi) is 3.95. The monoisotopic (exact) mass is 199 g/mol. The first-order valence-electron chi connectivity index (χ1n) is 4.84. The molecule has 14 heavy (non-hydrogen) atoms. The third kappa shape index (κ3) is 2.48. The number of likely N-dealkylation sites (tertiary alicyclic amines) is 1. The van der Waals surface area contributed by atoms with Crippen molar-refractivity contribution in [1.82, 2.24) is 4.90 Å². The van der Waals surface area contributed by atoms with E-state index in [1.807, 2.05) is 0 Å². The minimum atomic E-state index is -0.353. The molecule has 1 aliphatic rings.